The highest BCUT2D eigenvalue weighted by atomic mass is 16.5. The summed E-state index contributed by atoms with van der Waals surface area (Å²) < 4.78 is 23.4. The monoisotopic (exact) mass is 853 g/mol. The van der Waals surface area contributed by atoms with Crippen LogP contribution in [0.1, 0.15) is 233 Å². The van der Waals surface area contributed by atoms with Crippen LogP contribution < -0.4 is 0 Å². The molecule has 0 spiro atoms. The Balaban J connectivity index is 4.64. The lowest BCUT2D eigenvalue weighted by Crippen LogP contribution is -2.30. The lowest BCUT2D eigenvalue weighted by molar-refractivity contribution is -0.150. The first-order chi connectivity index (χ1) is 29.4. The van der Waals surface area contributed by atoms with Gasteiger partial charge >= 0.3 is 11.9 Å². The second kappa shape index (κ2) is 47.3. The number of likely N-dealkylation sites (N-methyl/N-ethyl adjacent to an activating group) is 1. The van der Waals surface area contributed by atoms with Crippen molar-refractivity contribution in [1.29, 1.82) is 0 Å². The Bertz CT molecular complexity index is 831. The third-order valence-corrected chi connectivity index (χ3v) is 12.1. The minimum absolute atomic E-state index is 0.0537. The summed E-state index contributed by atoms with van der Waals surface area (Å²) >= 11 is 0. The van der Waals surface area contributed by atoms with Crippen LogP contribution in [-0.2, 0) is 28.5 Å². The second-order valence-electron chi connectivity index (χ2n) is 18.2. The van der Waals surface area contributed by atoms with Crippen molar-refractivity contribution in [2.75, 3.05) is 79.9 Å². The van der Waals surface area contributed by atoms with E-state index in [1.165, 1.54) is 103 Å². The molecule has 8 heteroatoms. The van der Waals surface area contributed by atoms with E-state index in [4.69, 9.17) is 18.9 Å². The van der Waals surface area contributed by atoms with Gasteiger partial charge in [-0.3, -0.25) is 9.59 Å². The lowest BCUT2D eigenvalue weighted by atomic mass is 9.94. The zero-order chi connectivity index (χ0) is 44.0. The number of carbonyl (C=O) groups is 2. The van der Waals surface area contributed by atoms with Gasteiger partial charge in [-0.2, -0.15) is 0 Å². The Morgan fingerprint density at radius 3 is 1.05 bits per heavy atom. The maximum Gasteiger partial charge on any atom is 0.308 e. The van der Waals surface area contributed by atoms with Gasteiger partial charge in [-0.05, 0) is 78.6 Å². The van der Waals surface area contributed by atoms with Gasteiger partial charge in [-0.15, -0.1) is 0 Å². The van der Waals surface area contributed by atoms with E-state index in [0.717, 1.165) is 142 Å². The first-order valence-electron chi connectivity index (χ1n) is 26.2. The smallest absolute Gasteiger partial charge is 0.308 e. The number of unbranched alkanes of at least 4 members (excludes halogenated alkanes) is 22. The van der Waals surface area contributed by atoms with Crippen molar-refractivity contribution in [2.24, 2.45) is 11.8 Å². The molecule has 0 fully saturated rings. The highest BCUT2D eigenvalue weighted by molar-refractivity contribution is 5.72. The summed E-state index contributed by atoms with van der Waals surface area (Å²) in [6.45, 7) is 16.8. The molecule has 0 N–H and O–H groups in total. The molecule has 0 amide bonds. The van der Waals surface area contributed by atoms with Crippen molar-refractivity contribution >= 4 is 11.9 Å². The third kappa shape index (κ3) is 40.8. The number of rotatable bonds is 49. The number of hydrogen-bond acceptors (Lipinski definition) is 8. The van der Waals surface area contributed by atoms with E-state index in [-0.39, 0.29) is 23.8 Å². The molecule has 0 aromatic heterocycles. The third-order valence-electron chi connectivity index (χ3n) is 12.1. The maximum atomic E-state index is 13.1. The highest BCUT2D eigenvalue weighted by Crippen LogP contribution is 2.22. The Morgan fingerprint density at radius 2 is 0.667 bits per heavy atom. The predicted octanol–water partition coefficient (Wildman–Crippen LogP) is 13.8. The summed E-state index contributed by atoms with van der Waals surface area (Å²) in [6.07, 6.45) is 37.5. The molecule has 0 saturated heterocycles. The van der Waals surface area contributed by atoms with Crippen LogP contribution in [0, 0.1) is 11.8 Å². The van der Waals surface area contributed by atoms with Gasteiger partial charge in [0, 0.05) is 13.1 Å². The van der Waals surface area contributed by atoms with Gasteiger partial charge in [-0.1, -0.05) is 182 Å². The van der Waals surface area contributed by atoms with Gasteiger partial charge in [0.05, 0.1) is 51.5 Å². The van der Waals surface area contributed by atoms with Crippen LogP contribution in [-0.4, -0.2) is 102 Å². The summed E-state index contributed by atoms with van der Waals surface area (Å²) in [4.78, 5) is 30.8. The predicted molar refractivity (Wildman–Crippen MR) is 256 cm³/mol. The summed E-state index contributed by atoms with van der Waals surface area (Å²) in [5, 5.41) is 0. The summed E-state index contributed by atoms with van der Waals surface area (Å²) in [5.74, 6) is 0.275. The van der Waals surface area contributed by atoms with Crippen molar-refractivity contribution < 1.29 is 28.5 Å². The fourth-order valence-electron chi connectivity index (χ4n) is 8.00. The van der Waals surface area contributed by atoms with Crippen LogP contribution in [0.2, 0.25) is 0 Å². The number of nitrogens with zero attached hydrogens (tertiary/aromatic N) is 2. The molecular weight excluding hydrogens is 749 g/mol. The molecule has 0 bridgehead atoms. The quantitative estimate of drug-likeness (QED) is 0.0442. The van der Waals surface area contributed by atoms with Gasteiger partial charge in [-0.25, -0.2) is 0 Å². The lowest BCUT2D eigenvalue weighted by Gasteiger charge is -2.22. The van der Waals surface area contributed by atoms with Crippen molar-refractivity contribution in [3.8, 4) is 0 Å². The SMILES string of the molecule is CCCCCCCCC(CCCCCC)C(=O)OCCCCCCN(CCCCCCOC(=O)C(CCCCCC)CCCCCCCC)CCOCCOCCN(C)C. The maximum absolute atomic E-state index is 13.1. The molecule has 0 aromatic carbocycles. The van der Waals surface area contributed by atoms with Gasteiger partial charge in [0.2, 0.25) is 0 Å². The zero-order valence-electron chi connectivity index (χ0n) is 41.2. The highest BCUT2D eigenvalue weighted by Gasteiger charge is 2.20. The largest absolute Gasteiger partial charge is 0.465 e. The Kier molecular flexibility index (Phi) is 46.3. The molecular formula is C52H104N2O6. The normalized spacial score (nSPS) is 12.7. The average molecular weight is 853 g/mol. The summed E-state index contributed by atoms with van der Waals surface area (Å²) in [6, 6.07) is 0. The summed E-state index contributed by atoms with van der Waals surface area (Å²) in [7, 11) is 4.12. The average Bonchev–Trinajstić information content (AvgIpc) is 3.24. The van der Waals surface area contributed by atoms with Crippen molar-refractivity contribution in [1.82, 2.24) is 9.80 Å². The van der Waals surface area contributed by atoms with Gasteiger partial charge in [0.1, 0.15) is 0 Å². The molecule has 0 rings (SSSR count). The molecule has 0 saturated carbocycles. The second-order valence-corrected chi connectivity index (χ2v) is 18.2. The molecule has 0 aliphatic heterocycles. The van der Waals surface area contributed by atoms with Gasteiger partial charge in [0.25, 0.3) is 0 Å². The fourth-order valence-corrected chi connectivity index (χ4v) is 8.00. The number of esters is 2. The van der Waals surface area contributed by atoms with Crippen molar-refractivity contribution in [3.05, 3.63) is 0 Å². The number of carbonyl (C=O) groups excluding carboxylic acids is 2. The van der Waals surface area contributed by atoms with Crippen molar-refractivity contribution in [3.63, 3.8) is 0 Å². The number of hydrogen-bond donors (Lipinski definition) is 0. The van der Waals surface area contributed by atoms with Crippen LogP contribution in [0.15, 0.2) is 0 Å². The minimum Gasteiger partial charge on any atom is -0.465 e. The van der Waals surface area contributed by atoms with E-state index in [2.05, 4.69) is 51.6 Å². The number of ether oxygens (including phenoxy) is 4. The first-order valence-corrected chi connectivity index (χ1v) is 26.2. The molecule has 0 aromatic rings. The molecule has 0 heterocycles. The van der Waals surface area contributed by atoms with E-state index in [1.54, 1.807) is 0 Å². The van der Waals surface area contributed by atoms with Crippen molar-refractivity contribution in [2.45, 2.75) is 233 Å². The molecule has 0 radical (unpaired) electrons. The standard InChI is InChI=1S/C52H104N2O6/c1-7-11-15-19-21-29-37-49(35-27-17-13-9-3)51(55)59-43-33-25-23-31-39-54(42-46-58-48-47-57-45-41-53(5)6)40-32-24-26-34-44-60-52(56)50(36-28-18-14-10-4)38-30-22-20-16-12-8-2/h49-50H,7-48H2,1-6H3. The molecule has 0 aliphatic carbocycles. The van der Waals surface area contributed by atoms with E-state index in [0.29, 0.717) is 26.4 Å². The van der Waals surface area contributed by atoms with Crippen LogP contribution in [0.3, 0.4) is 0 Å². The van der Waals surface area contributed by atoms with Crippen LogP contribution >= 0.6 is 0 Å². The Morgan fingerprint density at radius 1 is 0.350 bits per heavy atom. The zero-order valence-corrected chi connectivity index (χ0v) is 41.2. The Labute approximate surface area is 374 Å². The van der Waals surface area contributed by atoms with Crippen LogP contribution in [0.5, 0.6) is 0 Å². The van der Waals surface area contributed by atoms with Gasteiger partial charge < -0.3 is 28.7 Å². The molecule has 2 atom stereocenters. The topological polar surface area (TPSA) is 77.5 Å². The molecule has 0 aliphatic rings. The van der Waals surface area contributed by atoms with E-state index in [1.807, 2.05) is 0 Å². The molecule has 2 unspecified atom stereocenters. The van der Waals surface area contributed by atoms with Gasteiger partial charge in [0.15, 0.2) is 0 Å². The van der Waals surface area contributed by atoms with E-state index >= 15 is 0 Å². The summed E-state index contributed by atoms with van der Waals surface area (Å²) in [5.41, 5.74) is 0. The Hall–Kier alpha value is -1.22. The van der Waals surface area contributed by atoms with E-state index in [9.17, 15) is 9.59 Å². The van der Waals surface area contributed by atoms with E-state index < -0.39 is 0 Å². The van der Waals surface area contributed by atoms with Crippen LogP contribution in [0.4, 0.5) is 0 Å². The fraction of sp³-hybridized carbons (Fsp3) is 0.962. The van der Waals surface area contributed by atoms with Crippen LogP contribution in [0.25, 0.3) is 0 Å². The molecule has 8 nitrogen and oxygen atoms in total. The first kappa shape index (κ1) is 58.8. The molecule has 60 heavy (non-hydrogen) atoms. The minimum atomic E-state index is 0.0537. The molecule has 358 valence electrons.